The number of H-pyrrole nitrogens is 1. The molecule has 1 saturated heterocycles. The molecule has 0 unspecified atom stereocenters. The van der Waals surface area contributed by atoms with Crippen molar-refractivity contribution in [2.24, 2.45) is 0 Å². The predicted octanol–water partition coefficient (Wildman–Crippen LogP) is 5.62. The second kappa shape index (κ2) is 11.7. The number of nitrogens with one attached hydrogen (secondary N) is 1. The molecule has 2 aromatic carbocycles. The molecule has 39 heavy (non-hydrogen) atoms. The van der Waals surface area contributed by atoms with Crippen molar-refractivity contribution in [1.29, 1.82) is 0 Å². The number of rotatable bonds is 9. The van der Waals surface area contributed by atoms with Crippen LogP contribution in [0, 0.1) is 0 Å². The van der Waals surface area contributed by atoms with E-state index in [1.807, 2.05) is 30.5 Å². The Morgan fingerprint density at radius 3 is 2.59 bits per heavy atom. The Morgan fingerprint density at radius 1 is 0.974 bits per heavy atom. The van der Waals surface area contributed by atoms with Gasteiger partial charge in [-0.25, -0.2) is 4.98 Å². The summed E-state index contributed by atoms with van der Waals surface area (Å²) in [6.07, 6.45) is 9.41. The van der Waals surface area contributed by atoms with Crippen molar-refractivity contribution < 1.29 is 9.47 Å². The van der Waals surface area contributed by atoms with Crippen LogP contribution >= 0.6 is 0 Å². The number of aromatic nitrogens is 7. The largest absolute Gasteiger partial charge is 0.347 e. The summed E-state index contributed by atoms with van der Waals surface area (Å²) in [6.45, 7) is 4.29. The lowest BCUT2D eigenvalue weighted by atomic mass is 9.90. The highest BCUT2D eigenvalue weighted by atomic mass is 16.7. The van der Waals surface area contributed by atoms with Crippen molar-refractivity contribution in [2.75, 3.05) is 13.2 Å². The summed E-state index contributed by atoms with van der Waals surface area (Å²) in [5.41, 5.74) is 7.17. The van der Waals surface area contributed by atoms with Gasteiger partial charge >= 0.3 is 0 Å². The molecule has 4 heterocycles. The van der Waals surface area contributed by atoms with E-state index in [0.717, 1.165) is 65.0 Å². The Morgan fingerprint density at radius 2 is 1.82 bits per heavy atom. The van der Waals surface area contributed by atoms with Gasteiger partial charge < -0.3 is 14.0 Å². The number of hydrogen-bond acceptors (Lipinski definition) is 7. The first kappa shape index (κ1) is 25.1. The van der Waals surface area contributed by atoms with Gasteiger partial charge in [-0.15, -0.1) is 10.2 Å². The number of nitrogens with zero attached hydrogens (tertiary/aromatic N) is 6. The van der Waals surface area contributed by atoms with Crippen LogP contribution in [0.1, 0.15) is 49.6 Å². The summed E-state index contributed by atoms with van der Waals surface area (Å²) in [5, 5.41) is 14.8. The van der Waals surface area contributed by atoms with Crippen LogP contribution in [0.15, 0.2) is 73.2 Å². The SMILES string of the molecule is CCCCc1nc(C2OCCCO2)cn1Cc1ccc(-c2ccccc2-c2nn[nH]n2)c(-c2cccnc2)c1. The minimum Gasteiger partial charge on any atom is -0.347 e. The zero-order valence-corrected chi connectivity index (χ0v) is 22.0. The molecular formula is C30H31N7O2. The molecule has 1 fully saturated rings. The molecular weight excluding hydrogens is 490 g/mol. The molecule has 1 aliphatic heterocycles. The number of benzene rings is 2. The Balaban J connectivity index is 1.40. The third-order valence-corrected chi connectivity index (χ3v) is 6.91. The summed E-state index contributed by atoms with van der Waals surface area (Å²) in [7, 11) is 0. The van der Waals surface area contributed by atoms with Crippen molar-refractivity contribution in [1.82, 2.24) is 35.2 Å². The minimum absolute atomic E-state index is 0.393. The van der Waals surface area contributed by atoms with Gasteiger partial charge in [0.25, 0.3) is 0 Å². The Kier molecular flexibility index (Phi) is 7.51. The van der Waals surface area contributed by atoms with Crippen LogP contribution in [0.25, 0.3) is 33.6 Å². The molecule has 198 valence electrons. The summed E-state index contributed by atoms with van der Waals surface area (Å²) in [4.78, 5) is 9.34. The van der Waals surface area contributed by atoms with E-state index in [9.17, 15) is 0 Å². The predicted molar refractivity (Wildman–Crippen MR) is 147 cm³/mol. The van der Waals surface area contributed by atoms with Crippen LogP contribution in [-0.2, 0) is 22.4 Å². The van der Waals surface area contributed by atoms with E-state index < -0.39 is 6.29 Å². The fourth-order valence-corrected chi connectivity index (χ4v) is 4.99. The van der Waals surface area contributed by atoms with E-state index in [0.29, 0.717) is 25.6 Å². The quantitative estimate of drug-likeness (QED) is 0.269. The van der Waals surface area contributed by atoms with E-state index in [-0.39, 0.29) is 0 Å². The summed E-state index contributed by atoms with van der Waals surface area (Å²) in [5.74, 6) is 1.62. The van der Waals surface area contributed by atoms with Gasteiger partial charge in [-0.2, -0.15) is 5.21 Å². The Labute approximate surface area is 227 Å². The lowest BCUT2D eigenvalue weighted by Crippen LogP contribution is -2.18. The molecule has 1 N–H and O–H groups in total. The van der Waals surface area contributed by atoms with Crippen LogP contribution in [0.5, 0.6) is 0 Å². The van der Waals surface area contributed by atoms with Gasteiger partial charge in [0, 0.05) is 42.7 Å². The zero-order valence-electron chi connectivity index (χ0n) is 22.0. The number of ether oxygens (including phenoxy) is 2. The van der Waals surface area contributed by atoms with Crippen LogP contribution in [0.2, 0.25) is 0 Å². The number of imidazole rings is 1. The van der Waals surface area contributed by atoms with Crippen molar-refractivity contribution in [3.8, 4) is 33.6 Å². The molecule has 0 radical (unpaired) electrons. The summed E-state index contributed by atoms with van der Waals surface area (Å²) < 4.78 is 13.9. The first-order valence-corrected chi connectivity index (χ1v) is 13.5. The van der Waals surface area contributed by atoms with Crippen LogP contribution in [-0.4, -0.2) is 48.4 Å². The maximum atomic E-state index is 5.85. The molecule has 0 saturated carbocycles. The van der Waals surface area contributed by atoms with Gasteiger partial charge in [0.2, 0.25) is 12.1 Å². The maximum Gasteiger partial charge on any atom is 0.205 e. The Bertz CT molecular complexity index is 1510. The third-order valence-electron chi connectivity index (χ3n) is 6.91. The van der Waals surface area contributed by atoms with Gasteiger partial charge in [0.1, 0.15) is 11.5 Å². The highest BCUT2D eigenvalue weighted by Crippen LogP contribution is 2.37. The van der Waals surface area contributed by atoms with Crippen LogP contribution in [0.3, 0.4) is 0 Å². The molecule has 9 heteroatoms. The highest BCUT2D eigenvalue weighted by molar-refractivity contribution is 5.90. The normalized spacial score (nSPS) is 14.1. The molecule has 9 nitrogen and oxygen atoms in total. The van der Waals surface area contributed by atoms with E-state index in [1.54, 1.807) is 6.20 Å². The standard InChI is InChI=1S/C30H31N7O2/c1-2-3-11-28-32-27(30-38-15-7-16-39-30)20-37(28)19-21-12-13-24(26(17-21)22-8-6-14-31-18-22)23-9-4-5-10-25(23)29-33-35-36-34-29/h4-6,8-10,12-14,17-18,20,30H,2-3,7,11,15-16,19H2,1H3,(H,33,34,35,36). The summed E-state index contributed by atoms with van der Waals surface area (Å²) in [6, 6.07) is 18.8. The minimum atomic E-state index is -0.393. The van der Waals surface area contributed by atoms with Crippen molar-refractivity contribution in [3.63, 3.8) is 0 Å². The lowest BCUT2D eigenvalue weighted by molar-refractivity contribution is -0.184. The second-order valence-electron chi connectivity index (χ2n) is 9.64. The molecule has 5 aromatic rings. The van der Waals surface area contributed by atoms with E-state index in [2.05, 4.69) is 73.6 Å². The zero-order chi connectivity index (χ0) is 26.4. The molecule has 0 spiro atoms. The van der Waals surface area contributed by atoms with E-state index >= 15 is 0 Å². The average molecular weight is 522 g/mol. The highest BCUT2D eigenvalue weighted by Gasteiger charge is 2.22. The van der Waals surface area contributed by atoms with Crippen LogP contribution < -0.4 is 0 Å². The van der Waals surface area contributed by atoms with Gasteiger partial charge in [0.05, 0.1) is 13.2 Å². The van der Waals surface area contributed by atoms with Crippen LogP contribution in [0.4, 0.5) is 0 Å². The van der Waals surface area contributed by atoms with E-state index in [4.69, 9.17) is 14.5 Å². The van der Waals surface area contributed by atoms with Gasteiger partial charge in [-0.05, 0) is 52.4 Å². The van der Waals surface area contributed by atoms with Crippen molar-refractivity contribution in [2.45, 2.75) is 45.4 Å². The molecule has 0 atom stereocenters. The number of aromatic amines is 1. The van der Waals surface area contributed by atoms with Gasteiger partial charge in [0.15, 0.2) is 0 Å². The molecule has 0 amide bonds. The molecule has 3 aromatic heterocycles. The topological polar surface area (TPSA) is 104 Å². The number of pyridine rings is 1. The molecule has 0 bridgehead atoms. The van der Waals surface area contributed by atoms with Crippen molar-refractivity contribution >= 4 is 0 Å². The first-order chi connectivity index (χ1) is 19.3. The smallest absolute Gasteiger partial charge is 0.205 e. The lowest BCUT2D eigenvalue weighted by Gasteiger charge is -2.21. The van der Waals surface area contributed by atoms with Gasteiger partial charge in [-0.3, -0.25) is 4.98 Å². The number of aryl methyl sites for hydroxylation is 1. The Hall–Kier alpha value is -4.21. The number of tetrazole rings is 1. The molecule has 1 aliphatic rings. The molecule has 0 aliphatic carbocycles. The van der Waals surface area contributed by atoms with Crippen molar-refractivity contribution in [3.05, 3.63) is 90.3 Å². The second-order valence-corrected chi connectivity index (χ2v) is 9.64. The average Bonchev–Trinajstić information content (AvgIpc) is 3.68. The third kappa shape index (κ3) is 5.50. The number of unbranched alkanes of at least 4 members (excludes halogenated alkanes) is 1. The molecule has 6 rings (SSSR count). The first-order valence-electron chi connectivity index (χ1n) is 13.5. The maximum absolute atomic E-state index is 5.85. The number of hydrogen-bond donors (Lipinski definition) is 1. The van der Waals surface area contributed by atoms with Gasteiger partial charge in [-0.1, -0.05) is 55.8 Å². The monoisotopic (exact) mass is 521 g/mol. The summed E-state index contributed by atoms with van der Waals surface area (Å²) >= 11 is 0. The van der Waals surface area contributed by atoms with E-state index in [1.165, 1.54) is 5.56 Å². The fourth-order valence-electron chi connectivity index (χ4n) is 4.99. The fraction of sp³-hybridized carbons (Fsp3) is 0.300.